The van der Waals surface area contributed by atoms with E-state index in [0.717, 1.165) is 122 Å². The third-order valence-corrected chi connectivity index (χ3v) is 14.0. The molecule has 3 unspecified atom stereocenters. The fourth-order valence-electron chi connectivity index (χ4n) is 8.34. The number of carbonyl (C=O) groups excluding carboxylic acids is 3. The van der Waals surface area contributed by atoms with E-state index in [9.17, 15) is 28.9 Å². The summed E-state index contributed by atoms with van der Waals surface area (Å²) in [6.07, 6.45) is 70.8. The van der Waals surface area contributed by atoms with E-state index in [0.29, 0.717) is 19.3 Å². The molecule has 3 atom stereocenters. The van der Waals surface area contributed by atoms with Crippen LogP contribution in [0.15, 0.2) is 97.2 Å². The van der Waals surface area contributed by atoms with E-state index in [1.54, 1.807) is 0 Å². The molecule has 0 spiro atoms. The molecule has 0 aromatic heterocycles. The van der Waals surface area contributed by atoms with Crippen molar-refractivity contribution in [1.82, 2.24) is 0 Å². The zero-order chi connectivity index (χ0) is 56.9. The number of esters is 3. The normalized spacial score (nSPS) is 14.0. The van der Waals surface area contributed by atoms with Crippen molar-refractivity contribution >= 4 is 25.7 Å². The fourth-order valence-corrected chi connectivity index (χ4v) is 9.12. The first-order valence-electron chi connectivity index (χ1n) is 31.1. The highest BCUT2D eigenvalue weighted by Gasteiger charge is 2.28. The first-order chi connectivity index (χ1) is 38.2. The van der Waals surface area contributed by atoms with E-state index in [4.69, 9.17) is 23.3 Å². The highest BCUT2D eigenvalue weighted by Crippen LogP contribution is 2.43. The lowest BCUT2D eigenvalue weighted by molar-refractivity contribution is -0.161. The highest BCUT2D eigenvalue weighted by molar-refractivity contribution is 7.47. The molecule has 12 heteroatoms. The van der Waals surface area contributed by atoms with Crippen molar-refractivity contribution in [1.29, 1.82) is 0 Å². The van der Waals surface area contributed by atoms with Crippen LogP contribution in [-0.4, -0.2) is 66.5 Å². The molecule has 0 aromatic carbocycles. The lowest BCUT2D eigenvalue weighted by Gasteiger charge is -2.21. The molecule has 11 nitrogen and oxygen atoms in total. The van der Waals surface area contributed by atoms with Gasteiger partial charge in [0.05, 0.1) is 19.8 Å². The van der Waals surface area contributed by atoms with Crippen molar-refractivity contribution in [3.8, 4) is 0 Å². The number of aliphatic hydroxyl groups excluding tert-OH is 1. The number of unbranched alkanes of at least 4 members (excludes halogenated alkanes) is 24. The fraction of sp³-hybridized carbons (Fsp3) is 0.712. The minimum Gasteiger partial charge on any atom is -0.462 e. The molecule has 0 amide bonds. The third kappa shape index (κ3) is 57.1. The van der Waals surface area contributed by atoms with Crippen molar-refractivity contribution < 1.29 is 52.2 Å². The SMILES string of the molecule is CC/C=C\C/C=C\C/C=C\C/C=C\CCCCCCCCC(=O)OC(COC(=O)CCCCCCCCCCCCCCCCCCC)COP(=O)(O)OCC(CO)OC(=O)CCCC/C=C\C/C=C\C/C=C\C/C=C\CC. The Morgan fingerprint density at radius 1 is 0.372 bits per heavy atom. The number of allylic oxidation sites excluding steroid dienone is 16. The average molecular weight is 1110 g/mol. The predicted molar refractivity (Wildman–Crippen MR) is 325 cm³/mol. The minimum absolute atomic E-state index is 0.121. The van der Waals surface area contributed by atoms with Crippen LogP contribution in [0.3, 0.4) is 0 Å². The average Bonchev–Trinajstić information content (AvgIpc) is 3.43. The van der Waals surface area contributed by atoms with Gasteiger partial charge in [0.2, 0.25) is 0 Å². The van der Waals surface area contributed by atoms with Crippen molar-refractivity contribution in [3.63, 3.8) is 0 Å². The Morgan fingerprint density at radius 3 is 1.05 bits per heavy atom. The van der Waals surface area contributed by atoms with Crippen LogP contribution in [-0.2, 0) is 42.2 Å². The number of phosphoric ester groups is 1. The Balaban J connectivity index is 4.77. The first kappa shape index (κ1) is 74.4. The summed E-state index contributed by atoms with van der Waals surface area (Å²) in [5.41, 5.74) is 0. The van der Waals surface area contributed by atoms with E-state index in [2.05, 4.69) is 118 Å². The number of aliphatic hydroxyl groups is 1. The topological polar surface area (TPSA) is 155 Å². The van der Waals surface area contributed by atoms with Gasteiger partial charge in [0.25, 0.3) is 0 Å². The number of ether oxygens (including phenoxy) is 3. The molecule has 0 aliphatic rings. The molecule has 0 aromatic rings. The third-order valence-electron chi connectivity index (χ3n) is 13.0. The molecular weight excluding hydrogens is 1000 g/mol. The Kier molecular flexibility index (Phi) is 56.8. The molecule has 0 radical (unpaired) electrons. The largest absolute Gasteiger partial charge is 0.472 e. The van der Waals surface area contributed by atoms with Gasteiger partial charge in [-0.25, -0.2) is 4.57 Å². The van der Waals surface area contributed by atoms with Gasteiger partial charge < -0.3 is 24.2 Å². The van der Waals surface area contributed by atoms with Gasteiger partial charge in [-0.1, -0.05) is 246 Å². The summed E-state index contributed by atoms with van der Waals surface area (Å²) in [6.45, 7) is 4.38. The van der Waals surface area contributed by atoms with E-state index in [1.807, 2.05) is 0 Å². The maximum absolute atomic E-state index is 12.9. The Bertz CT molecular complexity index is 1680. The van der Waals surface area contributed by atoms with Crippen molar-refractivity contribution in [2.24, 2.45) is 0 Å². The second-order valence-electron chi connectivity index (χ2n) is 20.5. The van der Waals surface area contributed by atoms with Crippen LogP contribution < -0.4 is 0 Å². The number of hydrogen-bond acceptors (Lipinski definition) is 10. The molecule has 0 saturated heterocycles. The first-order valence-corrected chi connectivity index (χ1v) is 32.6. The zero-order valence-corrected chi connectivity index (χ0v) is 50.5. The maximum atomic E-state index is 12.9. The number of carbonyl (C=O) groups is 3. The van der Waals surface area contributed by atoms with Gasteiger partial charge in [0.15, 0.2) is 6.10 Å². The number of phosphoric acid groups is 1. The van der Waals surface area contributed by atoms with Crippen LogP contribution in [0.4, 0.5) is 0 Å². The van der Waals surface area contributed by atoms with Gasteiger partial charge in [-0.3, -0.25) is 23.4 Å². The van der Waals surface area contributed by atoms with E-state index in [-0.39, 0.29) is 25.9 Å². The van der Waals surface area contributed by atoms with Gasteiger partial charge in [0, 0.05) is 19.3 Å². The summed E-state index contributed by atoms with van der Waals surface area (Å²) >= 11 is 0. The summed E-state index contributed by atoms with van der Waals surface area (Å²) in [6, 6.07) is 0. The number of rotatable bonds is 57. The van der Waals surface area contributed by atoms with Crippen LogP contribution >= 0.6 is 7.82 Å². The van der Waals surface area contributed by atoms with E-state index < -0.39 is 57.8 Å². The maximum Gasteiger partial charge on any atom is 0.472 e. The molecule has 0 saturated carbocycles. The van der Waals surface area contributed by atoms with Gasteiger partial charge in [0.1, 0.15) is 12.7 Å². The van der Waals surface area contributed by atoms with Crippen LogP contribution in [0, 0.1) is 0 Å². The summed E-state index contributed by atoms with van der Waals surface area (Å²) in [7, 11) is -4.77. The standard InChI is InChI=1S/C66H113O11P/c1-4-7-10-13-16-19-22-25-28-30-31-33-36-39-42-45-48-51-54-57-66(70)77-63(59-73-64(68)55-52-49-46-43-40-37-35-32-29-26-23-20-17-14-11-8-5-2)61-75-78(71,72)74-60-62(58-67)76-65(69)56-53-50-47-44-41-38-34-27-24-21-18-15-12-9-6-3/h7,9-10,12,16,18-19,21,25,27-28,31,33-34,41,44,62-63,67H,4-6,8,11,13-15,17,20,22-24,26,29-30,32,35-40,42-43,45-61H2,1-3H3,(H,71,72)/b10-7-,12-9-,19-16-,21-18-,28-25-,33-31-,34-27-,44-41-. The van der Waals surface area contributed by atoms with Crippen LogP contribution in [0.2, 0.25) is 0 Å². The minimum atomic E-state index is -4.77. The molecule has 0 aliphatic heterocycles. The predicted octanol–water partition coefficient (Wildman–Crippen LogP) is 18.8. The van der Waals surface area contributed by atoms with Gasteiger partial charge in [-0.2, -0.15) is 0 Å². The molecule has 78 heavy (non-hydrogen) atoms. The summed E-state index contributed by atoms with van der Waals surface area (Å²) in [5.74, 6) is -1.52. The smallest absolute Gasteiger partial charge is 0.462 e. The van der Waals surface area contributed by atoms with Gasteiger partial charge >= 0.3 is 25.7 Å². The van der Waals surface area contributed by atoms with Crippen molar-refractivity contribution in [3.05, 3.63) is 97.2 Å². The summed E-state index contributed by atoms with van der Waals surface area (Å²) < 4.78 is 39.6. The van der Waals surface area contributed by atoms with Crippen molar-refractivity contribution in [2.45, 2.75) is 277 Å². The second kappa shape index (κ2) is 59.5. The van der Waals surface area contributed by atoms with Crippen LogP contribution in [0.25, 0.3) is 0 Å². The van der Waals surface area contributed by atoms with Gasteiger partial charge in [-0.15, -0.1) is 0 Å². The monoisotopic (exact) mass is 1110 g/mol. The number of hydrogen-bond donors (Lipinski definition) is 2. The Morgan fingerprint density at radius 2 is 0.667 bits per heavy atom. The Labute approximate surface area is 476 Å². The molecule has 0 aliphatic carbocycles. The van der Waals surface area contributed by atoms with Crippen LogP contribution in [0.1, 0.15) is 265 Å². The molecule has 0 bridgehead atoms. The Hall–Kier alpha value is -3.60. The molecule has 0 fully saturated rings. The molecular formula is C66H113O11P. The molecule has 2 N–H and O–H groups in total. The summed E-state index contributed by atoms with van der Waals surface area (Å²) in [5, 5.41) is 9.83. The molecule has 0 rings (SSSR count). The highest BCUT2D eigenvalue weighted by atomic mass is 31.2. The van der Waals surface area contributed by atoms with E-state index >= 15 is 0 Å². The van der Waals surface area contributed by atoms with E-state index in [1.165, 1.54) is 83.5 Å². The quantitative estimate of drug-likeness (QED) is 0.0197. The van der Waals surface area contributed by atoms with Crippen molar-refractivity contribution in [2.75, 3.05) is 26.4 Å². The van der Waals surface area contributed by atoms with Gasteiger partial charge in [-0.05, 0) is 96.3 Å². The second-order valence-corrected chi connectivity index (χ2v) is 21.9. The lowest BCUT2D eigenvalue weighted by Crippen LogP contribution is -2.30. The summed E-state index contributed by atoms with van der Waals surface area (Å²) in [4.78, 5) is 48.7. The molecule has 448 valence electrons. The van der Waals surface area contributed by atoms with Crippen LogP contribution in [0.5, 0.6) is 0 Å². The molecule has 0 heterocycles. The zero-order valence-electron chi connectivity index (χ0n) is 49.6. The lowest BCUT2D eigenvalue weighted by atomic mass is 10.0.